The van der Waals surface area contributed by atoms with E-state index in [1.54, 1.807) is 6.08 Å². The van der Waals surface area contributed by atoms with Crippen LogP contribution in [-0.2, 0) is 11.3 Å². The fourth-order valence-corrected chi connectivity index (χ4v) is 1.76. The van der Waals surface area contributed by atoms with Gasteiger partial charge in [0, 0.05) is 18.3 Å². The second-order valence-electron chi connectivity index (χ2n) is 4.10. The lowest BCUT2D eigenvalue weighted by atomic mass is 10.1. The molecule has 2 aromatic rings. The van der Waals surface area contributed by atoms with Gasteiger partial charge in [-0.1, -0.05) is 48.5 Å². The van der Waals surface area contributed by atoms with E-state index in [2.05, 4.69) is 5.32 Å². The van der Waals surface area contributed by atoms with Crippen LogP contribution in [-0.4, -0.2) is 11.1 Å². The lowest BCUT2D eigenvalue weighted by molar-refractivity contribution is -0.131. The van der Waals surface area contributed by atoms with E-state index in [-0.39, 0.29) is 0 Å². The van der Waals surface area contributed by atoms with Gasteiger partial charge in [0.05, 0.1) is 0 Å². The molecule has 3 heteroatoms. The van der Waals surface area contributed by atoms with E-state index < -0.39 is 5.97 Å². The molecule has 0 heterocycles. The fourth-order valence-electron chi connectivity index (χ4n) is 1.76. The van der Waals surface area contributed by atoms with Crippen LogP contribution in [0.5, 0.6) is 0 Å². The van der Waals surface area contributed by atoms with Crippen molar-refractivity contribution in [2.24, 2.45) is 0 Å². The molecule has 0 fully saturated rings. The highest BCUT2D eigenvalue weighted by Crippen LogP contribution is 2.17. The summed E-state index contributed by atoms with van der Waals surface area (Å²) in [6.45, 7) is 0.707. The molecule has 0 spiro atoms. The van der Waals surface area contributed by atoms with Gasteiger partial charge in [0.1, 0.15) is 0 Å². The highest BCUT2D eigenvalue weighted by Gasteiger charge is 1.99. The Morgan fingerprint density at radius 2 is 1.74 bits per heavy atom. The summed E-state index contributed by atoms with van der Waals surface area (Å²) in [4.78, 5) is 10.6. The van der Waals surface area contributed by atoms with Gasteiger partial charge < -0.3 is 10.4 Å². The van der Waals surface area contributed by atoms with Crippen molar-refractivity contribution in [1.82, 2.24) is 0 Å². The zero-order valence-corrected chi connectivity index (χ0v) is 10.4. The van der Waals surface area contributed by atoms with Gasteiger partial charge in [-0.2, -0.15) is 0 Å². The Morgan fingerprint density at radius 1 is 1.05 bits per heavy atom. The first-order chi connectivity index (χ1) is 9.25. The number of para-hydroxylation sites is 1. The van der Waals surface area contributed by atoms with E-state index in [0.29, 0.717) is 6.54 Å². The number of anilines is 1. The largest absolute Gasteiger partial charge is 0.478 e. The quantitative estimate of drug-likeness (QED) is 0.803. The molecular formula is C16H15NO2. The van der Waals surface area contributed by atoms with Gasteiger partial charge in [-0.3, -0.25) is 0 Å². The Labute approximate surface area is 112 Å². The predicted octanol–water partition coefficient (Wildman–Crippen LogP) is 3.40. The van der Waals surface area contributed by atoms with Gasteiger partial charge in [-0.25, -0.2) is 4.79 Å². The van der Waals surface area contributed by atoms with Gasteiger partial charge in [0.25, 0.3) is 0 Å². The number of nitrogens with one attached hydrogen (secondary N) is 1. The van der Waals surface area contributed by atoms with Crippen molar-refractivity contribution in [2.45, 2.75) is 6.54 Å². The Bertz CT molecular complexity index is 576. The SMILES string of the molecule is O=C(O)C=Cc1ccccc1NCc1ccccc1. The molecule has 0 amide bonds. The summed E-state index contributed by atoms with van der Waals surface area (Å²) in [5.41, 5.74) is 2.96. The standard InChI is InChI=1S/C16H15NO2/c18-16(19)11-10-14-8-4-5-9-15(14)17-12-13-6-2-1-3-7-13/h1-11,17H,12H2,(H,18,19). The molecule has 0 aliphatic rings. The molecule has 0 atom stereocenters. The van der Waals surface area contributed by atoms with Crippen LogP contribution in [0.25, 0.3) is 6.08 Å². The summed E-state index contributed by atoms with van der Waals surface area (Å²) in [5, 5.41) is 12.0. The molecule has 0 saturated heterocycles. The van der Waals surface area contributed by atoms with Crippen LogP contribution in [0.2, 0.25) is 0 Å². The first-order valence-electron chi connectivity index (χ1n) is 6.03. The van der Waals surface area contributed by atoms with Crippen LogP contribution in [0.1, 0.15) is 11.1 Å². The molecule has 0 aromatic heterocycles. The third-order valence-corrected chi connectivity index (χ3v) is 2.69. The summed E-state index contributed by atoms with van der Waals surface area (Å²) in [6.07, 6.45) is 2.73. The summed E-state index contributed by atoms with van der Waals surface area (Å²) in [7, 11) is 0. The monoisotopic (exact) mass is 253 g/mol. The number of carboxylic acid groups (broad SMARTS) is 1. The second-order valence-corrected chi connectivity index (χ2v) is 4.10. The number of hydrogen-bond acceptors (Lipinski definition) is 2. The van der Waals surface area contributed by atoms with Gasteiger partial charge in [0.2, 0.25) is 0 Å². The Hall–Kier alpha value is -2.55. The van der Waals surface area contributed by atoms with Crippen LogP contribution in [0.3, 0.4) is 0 Å². The van der Waals surface area contributed by atoms with E-state index >= 15 is 0 Å². The molecule has 3 nitrogen and oxygen atoms in total. The molecule has 0 unspecified atom stereocenters. The first-order valence-corrected chi connectivity index (χ1v) is 6.03. The molecule has 0 aliphatic heterocycles. The topological polar surface area (TPSA) is 49.3 Å². The Morgan fingerprint density at radius 3 is 2.47 bits per heavy atom. The molecule has 2 rings (SSSR count). The maximum absolute atomic E-state index is 10.6. The average Bonchev–Trinajstić information content (AvgIpc) is 2.45. The van der Waals surface area contributed by atoms with Crippen molar-refractivity contribution in [3.8, 4) is 0 Å². The molecule has 96 valence electrons. The molecule has 2 N–H and O–H groups in total. The Balaban J connectivity index is 2.10. The highest BCUT2D eigenvalue weighted by atomic mass is 16.4. The minimum atomic E-state index is -0.946. The molecule has 2 aromatic carbocycles. The summed E-state index contributed by atoms with van der Waals surface area (Å²) in [6, 6.07) is 17.7. The number of carbonyl (C=O) groups is 1. The van der Waals surface area contributed by atoms with Crippen molar-refractivity contribution in [3.05, 3.63) is 71.8 Å². The van der Waals surface area contributed by atoms with Gasteiger partial charge in [-0.05, 0) is 23.3 Å². The van der Waals surface area contributed by atoms with Crippen molar-refractivity contribution in [3.63, 3.8) is 0 Å². The van der Waals surface area contributed by atoms with Crippen molar-refractivity contribution < 1.29 is 9.90 Å². The van der Waals surface area contributed by atoms with E-state index in [0.717, 1.165) is 17.3 Å². The molecule has 19 heavy (non-hydrogen) atoms. The maximum Gasteiger partial charge on any atom is 0.328 e. The summed E-state index contributed by atoms with van der Waals surface area (Å²) < 4.78 is 0. The van der Waals surface area contributed by atoms with Crippen LogP contribution in [0.4, 0.5) is 5.69 Å². The normalized spacial score (nSPS) is 10.5. The van der Waals surface area contributed by atoms with Crippen LogP contribution >= 0.6 is 0 Å². The molecule has 0 aliphatic carbocycles. The lowest BCUT2D eigenvalue weighted by Gasteiger charge is -2.09. The van der Waals surface area contributed by atoms with Crippen LogP contribution < -0.4 is 5.32 Å². The number of carboxylic acids is 1. The molecular weight excluding hydrogens is 238 g/mol. The summed E-state index contributed by atoms with van der Waals surface area (Å²) in [5.74, 6) is -0.946. The number of benzene rings is 2. The molecule has 0 saturated carbocycles. The van der Waals surface area contributed by atoms with E-state index in [4.69, 9.17) is 5.11 Å². The van der Waals surface area contributed by atoms with E-state index in [1.165, 1.54) is 5.56 Å². The van der Waals surface area contributed by atoms with Gasteiger partial charge in [-0.15, -0.1) is 0 Å². The number of hydrogen-bond donors (Lipinski definition) is 2. The molecule has 0 bridgehead atoms. The van der Waals surface area contributed by atoms with Crippen molar-refractivity contribution >= 4 is 17.7 Å². The number of aliphatic carboxylic acids is 1. The zero-order chi connectivity index (χ0) is 13.5. The van der Waals surface area contributed by atoms with Crippen molar-refractivity contribution in [1.29, 1.82) is 0 Å². The summed E-state index contributed by atoms with van der Waals surface area (Å²) >= 11 is 0. The second kappa shape index (κ2) is 6.40. The third-order valence-electron chi connectivity index (χ3n) is 2.69. The highest BCUT2D eigenvalue weighted by molar-refractivity contribution is 5.86. The zero-order valence-electron chi connectivity index (χ0n) is 10.4. The van der Waals surface area contributed by atoms with Gasteiger partial charge >= 0.3 is 5.97 Å². The third kappa shape index (κ3) is 4.00. The van der Waals surface area contributed by atoms with Crippen molar-refractivity contribution in [2.75, 3.05) is 5.32 Å². The minimum absolute atomic E-state index is 0.707. The number of rotatable bonds is 5. The van der Waals surface area contributed by atoms with Crippen LogP contribution in [0.15, 0.2) is 60.7 Å². The van der Waals surface area contributed by atoms with E-state index in [9.17, 15) is 4.79 Å². The lowest BCUT2D eigenvalue weighted by Crippen LogP contribution is -2.00. The Kier molecular flexibility index (Phi) is 4.34. The maximum atomic E-state index is 10.6. The minimum Gasteiger partial charge on any atom is -0.478 e. The average molecular weight is 253 g/mol. The smallest absolute Gasteiger partial charge is 0.328 e. The van der Waals surface area contributed by atoms with Crippen LogP contribution in [0, 0.1) is 0 Å². The molecule has 0 radical (unpaired) electrons. The van der Waals surface area contributed by atoms with E-state index in [1.807, 2.05) is 54.6 Å². The fraction of sp³-hybridized carbons (Fsp3) is 0.0625. The predicted molar refractivity (Wildman–Crippen MR) is 76.9 cm³/mol. The first kappa shape index (κ1) is 12.9. The van der Waals surface area contributed by atoms with Gasteiger partial charge in [0.15, 0.2) is 0 Å².